The summed E-state index contributed by atoms with van der Waals surface area (Å²) >= 11 is 0. The van der Waals surface area contributed by atoms with Crippen molar-refractivity contribution < 1.29 is 9.90 Å². The largest absolute Gasteiger partial charge is 0.381 e. The van der Waals surface area contributed by atoms with E-state index in [1.807, 2.05) is 91.0 Å². The van der Waals surface area contributed by atoms with Crippen LogP contribution in [0.3, 0.4) is 0 Å². The molecule has 0 saturated carbocycles. The summed E-state index contributed by atoms with van der Waals surface area (Å²) in [6.07, 6.45) is 0.861. The molecule has 0 heterocycles. The van der Waals surface area contributed by atoms with E-state index in [1.54, 1.807) is 0 Å². The van der Waals surface area contributed by atoms with Crippen molar-refractivity contribution in [2.45, 2.75) is 24.9 Å². The van der Waals surface area contributed by atoms with Crippen LogP contribution in [0.2, 0.25) is 0 Å². The fraction of sp³-hybridized carbons (Fsp3) is 0.174. The smallest absolute Gasteiger partial charge is 0.169 e. The minimum absolute atomic E-state index is 0.147. The van der Waals surface area contributed by atoms with Crippen LogP contribution in [-0.4, -0.2) is 16.5 Å². The molecule has 2 heteroatoms. The van der Waals surface area contributed by atoms with E-state index in [0.717, 1.165) is 16.7 Å². The van der Waals surface area contributed by atoms with Gasteiger partial charge in [-0.15, -0.1) is 0 Å². The van der Waals surface area contributed by atoms with Gasteiger partial charge < -0.3 is 5.11 Å². The Bertz CT molecular complexity index is 754. The Morgan fingerprint density at radius 1 is 0.640 bits per heavy atom. The van der Waals surface area contributed by atoms with Crippen molar-refractivity contribution >= 4 is 5.78 Å². The average molecular weight is 330 g/mol. The third kappa shape index (κ3) is 4.65. The number of benzene rings is 3. The van der Waals surface area contributed by atoms with E-state index in [4.69, 9.17) is 0 Å². The van der Waals surface area contributed by atoms with Crippen molar-refractivity contribution in [1.29, 1.82) is 0 Å². The van der Waals surface area contributed by atoms with Crippen LogP contribution in [0.4, 0.5) is 0 Å². The lowest BCUT2D eigenvalue weighted by Crippen LogP contribution is -2.44. The third-order valence-corrected chi connectivity index (χ3v) is 4.41. The molecule has 126 valence electrons. The van der Waals surface area contributed by atoms with E-state index in [1.165, 1.54) is 0 Å². The molecule has 0 radical (unpaired) electrons. The summed E-state index contributed by atoms with van der Waals surface area (Å²) in [6.45, 7) is 0. The minimum atomic E-state index is -1.42. The summed E-state index contributed by atoms with van der Waals surface area (Å²) in [7, 11) is 0. The van der Waals surface area contributed by atoms with Gasteiger partial charge >= 0.3 is 0 Å². The summed E-state index contributed by atoms with van der Waals surface area (Å²) < 4.78 is 0. The van der Waals surface area contributed by atoms with Gasteiger partial charge in [0.25, 0.3) is 0 Å². The first kappa shape index (κ1) is 17.1. The molecular formula is C23H22O2. The Morgan fingerprint density at radius 3 is 1.40 bits per heavy atom. The number of hydrogen-bond acceptors (Lipinski definition) is 2. The molecule has 0 bridgehead atoms. The van der Waals surface area contributed by atoms with Crippen molar-refractivity contribution in [3.05, 3.63) is 108 Å². The maximum Gasteiger partial charge on any atom is 0.169 e. The predicted molar refractivity (Wildman–Crippen MR) is 100 cm³/mol. The molecule has 0 aliphatic rings. The average Bonchev–Trinajstić information content (AvgIpc) is 2.64. The van der Waals surface area contributed by atoms with Crippen molar-refractivity contribution in [3.63, 3.8) is 0 Å². The highest BCUT2D eigenvalue weighted by molar-refractivity contribution is 5.89. The van der Waals surface area contributed by atoms with Crippen molar-refractivity contribution in [3.8, 4) is 0 Å². The van der Waals surface area contributed by atoms with E-state index in [0.29, 0.717) is 12.8 Å². The minimum Gasteiger partial charge on any atom is -0.381 e. The molecule has 0 spiro atoms. The lowest BCUT2D eigenvalue weighted by molar-refractivity contribution is -0.136. The topological polar surface area (TPSA) is 37.3 Å². The second-order valence-electron chi connectivity index (χ2n) is 6.44. The fourth-order valence-electron chi connectivity index (χ4n) is 3.07. The monoisotopic (exact) mass is 330 g/mol. The molecule has 3 aromatic rings. The van der Waals surface area contributed by atoms with Crippen molar-refractivity contribution in [2.75, 3.05) is 0 Å². The zero-order valence-electron chi connectivity index (χ0n) is 14.1. The normalized spacial score (nSPS) is 11.2. The molecule has 25 heavy (non-hydrogen) atoms. The SMILES string of the molecule is O=C(Cc1ccccc1)C(O)(Cc1ccccc1)Cc1ccccc1. The highest BCUT2D eigenvalue weighted by Crippen LogP contribution is 2.22. The van der Waals surface area contributed by atoms with Crippen LogP contribution in [0.25, 0.3) is 0 Å². The molecule has 0 aliphatic carbocycles. The molecule has 0 amide bonds. The number of Topliss-reactive ketones (excluding diaryl/α,β-unsaturated/α-hetero) is 1. The molecule has 0 aromatic heterocycles. The van der Waals surface area contributed by atoms with Crippen LogP contribution in [-0.2, 0) is 24.1 Å². The van der Waals surface area contributed by atoms with E-state index in [2.05, 4.69) is 0 Å². The molecule has 3 aromatic carbocycles. The summed E-state index contributed by atoms with van der Waals surface area (Å²) in [5, 5.41) is 11.3. The standard InChI is InChI=1S/C23H22O2/c24-22(16-19-10-4-1-5-11-19)23(25,17-20-12-6-2-7-13-20)18-21-14-8-3-9-15-21/h1-15,25H,16-18H2. The van der Waals surface area contributed by atoms with Gasteiger partial charge in [0.1, 0.15) is 5.60 Å². The number of ketones is 1. The quantitative estimate of drug-likeness (QED) is 0.710. The van der Waals surface area contributed by atoms with E-state index < -0.39 is 5.60 Å². The second kappa shape index (κ2) is 7.91. The molecular weight excluding hydrogens is 308 g/mol. The number of rotatable bonds is 7. The van der Waals surface area contributed by atoms with Gasteiger partial charge in [-0.2, -0.15) is 0 Å². The van der Waals surface area contributed by atoms with Gasteiger partial charge in [0.05, 0.1) is 0 Å². The Balaban J connectivity index is 1.86. The molecule has 2 nitrogen and oxygen atoms in total. The van der Waals surface area contributed by atoms with Crippen molar-refractivity contribution in [1.82, 2.24) is 0 Å². The first-order chi connectivity index (χ1) is 12.2. The highest BCUT2D eigenvalue weighted by atomic mass is 16.3. The zero-order chi connectivity index (χ0) is 17.5. The van der Waals surface area contributed by atoms with Gasteiger partial charge in [-0.3, -0.25) is 4.79 Å². The summed E-state index contributed by atoms with van der Waals surface area (Å²) in [6, 6.07) is 29.0. The Labute approximate surface area is 148 Å². The molecule has 0 atom stereocenters. The van der Waals surface area contributed by atoms with Gasteiger partial charge in [0, 0.05) is 19.3 Å². The first-order valence-electron chi connectivity index (χ1n) is 8.53. The lowest BCUT2D eigenvalue weighted by Gasteiger charge is -2.27. The van der Waals surface area contributed by atoms with E-state index >= 15 is 0 Å². The maximum absolute atomic E-state index is 13.0. The zero-order valence-corrected chi connectivity index (χ0v) is 14.1. The fourth-order valence-corrected chi connectivity index (χ4v) is 3.07. The maximum atomic E-state index is 13.0. The number of carbonyl (C=O) groups excluding carboxylic acids is 1. The van der Waals surface area contributed by atoms with Gasteiger partial charge in [-0.25, -0.2) is 0 Å². The van der Waals surface area contributed by atoms with Crippen LogP contribution in [0, 0.1) is 0 Å². The molecule has 3 rings (SSSR count). The van der Waals surface area contributed by atoms with Crippen LogP contribution in [0.5, 0.6) is 0 Å². The third-order valence-electron chi connectivity index (χ3n) is 4.41. The first-order valence-corrected chi connectivity index (χ1v) is 8.53. The number of aliphatic hydroxyl groups is 1. The second-order valence-corrected chi connectivity index (χ2v) is 6.44. The van der Waals surface area contributed by atoms with Crippen LogP contribution >= 0.6 is 0 Å². The van der Waals surface area contributed by atoms with E-state index in [-0.39, 0.29) is 12.2 Å². The number of hydrogen-bond donors (Lipinski definition) is 1. The molecule has 0 saturated heterocycles. The lowest BCUT2D eigenvalue weighted by atomic mass is 9.82. The van der Waals surface area contributed by atoms with E-state index in [9.17, 15) is 9.90 Å². The highest BCUT2D eigenvalue weighted by Gasteiger charge is 2.35. The number of carbonyl (C=O) groups is 1. The Hall–Kier alpha value is -2.71. The Kier molecular flexibility index (Phi) is 5.42. The van der Waals surface area contributed by atoms with Crippen LogP contribution in [0.1, 0.15) is 16.7 Å². The summed E-state index contributed by atoms with van der Waals surface area (Å²) in [5.74, 6) is -0.147. The Morgan fingerprint density at radius 2 is 1.00 bits per heavy atom. The van der Waals surface area contributed by atoms with Gasteiger partial charge in [-0.05, 0) is 16.7 Å². The van der Waals surface area contributed by atoms with Gasteiger partial charge in [0.15, 0.2) is 5.78 Å². The molecule has 1 N–H and O–H groups in total. The molecule has 0 aliphatic heterocycles. The molecule has 0 fully saturated rings. The summed E-state index contributed by atoms with van der Waals surface area (Å²) in [4.78, 5) is 13.0. The van der Waals surface area contributed by atoms with Gasteiger partial charge in [0.2, 0.25) is 0 Å². The van der Waals surface area contributed by atoms with Gasteiger partial charge in [-0.1, -0.05) is 91.0 Å². The molecule has 0 unspecified atom stereocenters. The van der Waals surface area contributed by atoms with Crippen LogP contribution in [0.15, 0.2) is 91.0 Å². The summed E-state index contributed by atoms with van der Waals surface area (Å²) in [5.41, 5.74) is 1.43. The predicted octanol–water partition coefficient (Wildman–Crippen LogP) is 4.01. The van der Waals surface area contributed by atoms with Crippen molar-refractivity contribution in [2.24, 2.45) is 0 Å². The van der Waals surface area contributed by atoms with Crippen LogP contribution < -0.4 is 0 Å².